The number of aryl methyl sites for hydroxylation is 1. The molecule has 0 atom stereocenters. The second kappa shape index (κ2) is 7.11. The molecule has 0 radical (unpaired) electrons. The van der Waals surface area contributed by atoms with E-state index in [1.165, 1.54) is 6.42 Å². The number of nitrogens with zero attached hydrogens (tertiary/aromatic N) is 4. The van der Waals surface area contributed by atoms with Gasteiger partial charge in [0.2, 0.25) is 5.89 Å². The van der Waals surface area contributed by atoms with E-state index in [4.69, 9.17) is 4.52 Å². The van der Waals surface area contributed by atoms with Crippen molar-refractivity contribution in [2.45, 2.75) is 45.2 Å². The summed E-state index contributed by atoms with van der Waals surface area (Å²) in [6.45, 7) is 2.06. The summed E-state index contributed by atoms with van der Waals surface area (Å²) in [6, 6.07) is 10.4. The largest absolute Gasteiger partial charge is 0.343 e. The topological polar surface area (TPSA) is 85.8 Å². The molecule has 1 fully saturated rings. The number of nitrogens with one attached hydrogen (secondary N) is 1. The maximum atomic E-state index is 12.4. The van der Waals surface area contributed by atoms with Crippen molar-refractivity contribution in [3.63, 3.8) is 0 Å². The fourth-order valence-electron chi connectivity index (χ4n) is 3.01. The van der Waals surface area contributed by atoms with Crippen LogP contribution in [-0.2, 0) is 13.0 Å². The number of amides is 1. The van der Waals surface area contributed by atoms with Crippen molar-refractivity contribution < 1.29 is 9.32 Å². The fraction of sp³-hybridized carbons (Fsp3) is 0.368. The third kappa shape index (κ3) is 3.51. The van der Waals surface area contributed by atoms with E-state index in [0.717, 1.165) is 24.1 Å². The van der Waals surface area contributed by atoms with E-state index in [0.29, 0.717) is 29.7 Å². The molecule has 1 aliphatic carbocycles. The van der Waals surface area contributed by atoms with Crippen LogP contribution in [0.2, 0.25) is 0 Å². The number of hydrogen-bond acceptors (Lipinski definition) is 5. The zero-order valence-electron chi connectivity index (χ0n) is 14.7. The first-order chi connectivity index (χ1) is 12.7. The predicted molar refractivity (Wildman–Crippen MR) is 94.6 cm³/mol. The van der Waals surface area contributed by atoms with Crippen LogP contribution in [0.5, 0.6) is 0 Å². The van der Waals surface area contributed by atoms with E-state index < -0.39 is 0 Å². The third-order valence-electron chi connectivity index (χ3n) is 4.73. The molecule has 1 saturated carbocycles. The van der Waals surface area contributed by atoms with E-state index in [1.54, 1.807) is 0 Å². The van der Waals surface area contributed by atoms with Crippen LogP contribution in [0.25, 0.3) is 0 Å². The van der Waals surface area contributed by atoms with Crippen molar-refractivity contribution >= 4 is 5.91 Å². The minimum absolute atomic E-state index is 0.170. The fourth-order valence-corrected chi connectivity index (χ4v) is 3.01. The van der Waals surface area contributed by atoms with Gasteiger partial charge in [0.25, 0.3) is 5.91 Å². The van der Waals surface area contributed by atoms with Crippen molar-refractivity contribution in [3.8, 4) is 0 Å². The highest BCUT2D eigenvalue weighted by Crippen LogP contribution is 2.31. The molecule has 4 rings (SSSR count). The lowest BCUT2D eigenvalue weighted by atomic mass is 9.93. The first kappa shape index (κ1) is 16.5. The van der Waals surface area contributed by atoms with Crippen molar-refractivity contribution in [3.05, 3.63) is 65.1 Å². The molecule has 0 spiro atoms. The zero-order chi connectivity index (χ0) is 17.9. The maximum absolute atomic E-state index is 12.4. The number of hydrogen-bond donors (Lipinski definition) is 1. The van der Waals surface area contributed by atoms with Crippen molar-refractivity contribution in [1.29, 1.82) is 0 Å². The van der Waals surface area contributed by atoms with Crippen LogP contribution in [0.3, 0.4) is 0 Å². The van der Waals surface area contributed by atoms with Crippen LogP contribution in [0.15, 0.2) is 41.1 Å². The molecule has 2 heterocycles. The minimum Gasteiger partial charge on any atom is -0.343 e. The summed E-state index contributed by atoms with van der Waals surface area (Å²) in [7, 11) is 0. The lowest BCUT2D eigenvalue weighted by Crippen LogP contribution is -2.23. The van der Waals surface area contributed by atoms with Gasteiger partial charge in [0.1, 0.15) is 0 Å². The molecule has 0 bridgehead atoms. The Morgan fingerprint density at radius 3 is 2.85 bits per heavy atom. The molecule has 7 nitrogen and oxygen atoms in total. The van der Waals surface area contributed by atoms with E-state index in [9.17, 15) is 4.79 Å². The van der Waals surface area contributed by atoms with Gasteiger partial charge in [-0.1, -0.05) is 35.5 Å². The Kier molecular flexibility index (Phi) is 4.51. The smallest absolute Gasteiger partial charge is 0.255 e. The molecule has 0 aliphatic heterocycles. The Hall–Kier alpha value is -2.96. The van der Waals surface area contributed by atoms with Crippen LogP contribution in [-0.4, -0.2) is 25.8 Å². The van der Waals surface area contributed by atoms with Gasteiger partial charge in [-0.3, -0.25) is 9.48 Å². The minimum atomic E-state index is -0.170. The normalized spacial score (nSPS) is 14.2. The van der Waals surface area contributed by atoms with E-state index in [2.05, 4.69) is 20.6 Å². The van der Waals surface area contributed by atoms with Crippen LogP contribution >= 0.6 is 0 Å². The van der Waals surface area contributed by atoms with Gasteiger partial charge in [-0.2, -0.15) is 10.1 Å². The second-order valence-electron chi connectivity index (χ2n) is 6.64. The van der Waals surface area contributed by atoms with Gasteiger partial charge in [0.15, 0.2) is 5.82 Å². The van der Waals surface area contributed by atoms with Crippen molar-refractivity contribution in [2.24, 2.45) is 0 Å². The molecule has 134 valence electrons. The molecule has 1 aliphatic rings. The predicted octanol–water partition coefficient (Wildman–Crippen LogP) is 2.82. The first-order valence-corrected chi connectivity index (χ1v) is 8.88. The van der Waals surface area contributed by atoms with Crippen LogP contribution in [0.4, 0.5) is 0 Å². The lowest BCUT2D eigenvalue weighted by molar-refractivity contribution is 0.0945. The number of carbonyl (C=O) groups excluding carboxylic acids is 1. The Balaban J connectivity index is 1.35. The average molecular weight is 351 g/mol. The van der Waals surface area contributed by atoms with Gasteiger partial charge in [0.05, 0.1) is 23.8 Å². The molecule has 1 amide bonds. The molecule has 7 heteroatoms. The lowest BCUT2D eigenvalue weighted by Gasteiger charge is -2.25. The standard InChI is InChI=1S/C19H21N5O2/c1-13-16(12-24(22-13)15-8-5-9-15)19(25)20-11-18-21-17(23-26-18)10-14-6-3-2-4-7-14/h2-4,6-7,12,15H,5,8-11H2,1H3,(H,20,25). The van der Waals surface area contributed by atoms with E-state index in [1.807, 2.05) is 48.1 Å². The zero-order valence-corrected chi connectivity index (χ0v) is 14.7. The highest BCUT2D eigenvalue weighted by atomic mass is 16.5. The summed E-state index contributed by atoms with van der Waals surface area (Å²) in [5.74, 6) is 0.832. The highest BCUT2D eigenvalue weighted by molar-refractivity contribution is 5.94. The Labute approximate surface area is 151 Å². The third-order valence-corrected chi connectivity index (χ3v) is 4.73. The summed E-state index contributed by atoms with van der Waals surface area (Å²) in [4.78, 5) is 16.8. The molecule has 2 aromatic heterocycles. The Morgan fingerprint density at radius 2 is 2.12 bits per heavy atom. The Morgan fingerprint density at radius 1 is 1.31 bits per heavy atom. The van der Waals surface area contributed by atoms with Gasteiger partial charge in [0, 0.05) is 12.6 Å². The number of benzene rings is 1. The molecule has 3 aromatic rings. The summed E-state index contributed by atoms with van der Waals surface area (Å²) in [6.07, 6.45) is 5.94. The van der Waals surface area contributed by atoms with Gasteiger partial charge in [-0.15, -0.1) is 0 Å². The molecular formula is C19H21N5O2. The van der Waals surface area contributed by atoms with Crippen molar-refractivity contribution in [2.75, 3.05) is 0 Å². The maximum Gasteiger partial charge on any atom is 0.255 e. The second-order valence-corrected chi connectivity index (χ2v) is 6.64. The van der Waals surface area contributed by atoms with Gasteiger partial charge >= 0.3 is 0 Å². The van der Waals surface area contributed by atoms with Gasteiger partial charge < -0.3 is 9.84 Å². The molecule has 1 N–H and O–H groups in total. The number of aromatic nitrogens is 4. The van der Waals surface area contributed by atoms with Crippen LogP contribution in [0, 0.1) is 6.92 Å². The highest BCUT2D eigenvalue weighted by Gasteiger charge is 2.23. The van der Waals surface area contributed by atoms with E-state index >= 15 is 0 Å². The molecule has 0 saturated heterocycles. The molecule has 0 unspecified atom stereocenters. The quantitative estimate of drug-likeness (QED) is 0.738. The summed E-state index contributed by atoms with van der Waals surface area (Å²) < 4.78 is 7.14. The van der Waals surface area contributed by atoms with E-state index in [-0.39, 0.29) is 12.5 Å². The summed E-state index contributed by atoms with van der Waals surface area (Å²) >= 11 is 0. The Bertz CT molecular complexity index is 896. The van der Waals surface area contributed by atoms with Crippen LogP contribution in [0.1, 0.15) is 58.6 Å². The molecule has 26 heavy (non-hydrogen) atoms. The van der Waals surface area contributed by atoms with Crippen LogP contribution < -0.4 is 5.32 Å². The SMILES string of the molecule is Cc1nn(C2CCC2)cc1C(=O)NCc1nc(Cc2ccccc2)no1. The summed E-state index contributed by atoms with van der Waals surface area (Å²) in [5.41, 5.74) is 2.45. The average Bonchev–Trinajstić information content (AvgIpc) is 3.19. The monoisotopic (exact) mass is 351 g/mol. The van der Waals surface area contributed by atoms with Crippen molar-refractivity contribution in [1.82, 2.24) is 25.2 Å². The van der Waals surface area contributed by atoms with Gasteiger partial charge in [-0.25, -0.2) is 0 Å². The first-order valence-electron chi connectivity index (χ1n) is 8.88. The molecular weight excluding hydrogens is 330 g/mol. The number of rotatable bonds is 6. The van der Waals surface area contributed by atoms with Gasteiger partial charge in [-0.05, 0) is 31.7 Å². The molecule has 1 aromatic carbocycles. The summed E-state index contributed by atoms with van der Waals surface area (Å²) in [5, 5.41) is 11.3. The number of carbonyl (C=O) groups is 1.